The first-order valence-corrected chi connectivity index (χ1v) is 10.6. The lowest BCUT2D eigenvalue weighted by Crippen LogP contribution is -2.45. The summed E-state index contributed by atoms with van der Waals surface area (Å²) in [4.78, 5) is 45.9. The van der Waals surface area contributed by atoms with E-state index in [1.54, 1.807) is 9.47 Å². The van der Waals surface area contributed by atoms with Crippen molar-refractivity contribution in [3.8, 4) is 0 Å². The van der Waals surface area contributed by atoms with Gasteiger partial charge in [0.1, 0.15) is 0 Å². The fraction of sp³-hybridized carbons (Fsp3) is 0.524. The zero-order chi connectivity index (χ0) is 21.6. The number of rotatable bonds is 6. The van der Waals surface area contributed by atoms with Crippen molar-refractivity contribution in [1.82, 2.24) is 19.8 Å². The zero-order valence-electron chi connectivity index (χ0n) is 17.4. The molecule has 0 bridgehead atoms. The standard InChI is InChI=1S/C21H27N5O5/c27-18(22-15-19(28)24-7-11-30-12-8-24)5-6-26-17-4-2-1-3-16(17)23-20(21(26)29)25-9-13-31-14-10-25/h1-4H,5-15H2,(H,22,27). The number of fused-ring (bicyclic) bond motifs is 1. The smallest absolute Gasteiger partial charge is 0.294 e. The molecule has 4 rings (SSSR count). The highest BCUT2D eigenvalue weighted by atomic mass is 16.5. The molecule has 1 aromatic carbocycles. The van der Waals surface area contributed by atoms with E-state index in [0.29, 0.717) is 69.5 Å². The van der Waals surface area contributed by atoms with Gasteiger partial charge in [0.15, 0.2) is 5.82 Å². The number of aryl methyl sites for hydroxylation is 1. The van der Waals surface area contributed by atoms with Crippen molar-refractivity contribution < 1.29 is 19.1 Å². The summed E-state index contributed by atoms with van der Waals surface area (Å²) < 4.78 is 12.2. The van der Waals surface area contributed by atoms with E-state index < -0.39 is 0 Å². The predicted molar refractivity (Wildman–Crippen MR) is 114 cm³/mol. The van der Waals surface area contributed by atoms with Gasteiger partial charge in [0.05, 0.1) is 44.0 Å². The molecule has 2 aromatic rings. The van der Waals surface area contributed by atoms with Crippen molar-refractivity contribution in [2.45, 2.75) is 13.0 Å². The maximum absolute atomic E-state index is 13.2. The molecule has 10 nitrogen and oxygen atoms in total. The van der Waals surface area contributed by atoms with Crippen molar-refractivity contribution in [3.05, 3.63) is 34.6 Å². The quantitative estimate of drug-likeness (QED) is 0.666. The molecule has 0 atom stereocenters. The number of ether oxygens (including phenoxy) is 2. The van der Waals surface area contributed by atoms with E-state index in [0.717, 1.165) is 0 Å². The Balaban J connectivity index is 1.44. The van der Waals surface area contributed by atoms with Crippen LogP contribution in [0.2, 0.25) is 0 Å². The molecule has 2 aliphatic rings. The van der Waals surface area contributed by atoms with Gasteiger partial charge in [-0.1, -0.05) is 12.1 Å². The van der Waals surface area contributed by atoms with Crippen molar-refractivity contribution >= 4 is 28.7 Å². The fourth-order valence-corrected chi connectivity index (χ4v) is 3.78. The third kappa shape index (κ3) is 5.02. The molecule has 0 radical (unpaired) electrons. The minimum absolute atomic E-state index is 0.0517. The molecule has 1 N–H and O–H groups in total. The Labute approximate surface area is 179 Å². The molecule has 2 saturated heterocycles. The Hall–Kier alpha value is -2.98. The monoisotopic (exact) mass is 429 g/mol. The van der Waals surface area contributed by atoms with E-state index >= 15 is 0 Å². The van der Waals surface area contributed by atoms with E-state index in [-0.39, 0.29) is 36.9 Å². The van der Waals surface area contributed by atoms with E-state index in [1.807, 2.05) is 29.2 Å². The summed E-state index contributed by atoms with van der Waals surface area (Å²) in [5.74, 6) is -0.0231. The van der Waals surface area contributed by atoms with Crippen LogP contribution in [-0.2, 0) is 25.6 Å². The van der Waals surface area contributed by atoms with E-state index in [2.05, 4.69) is 10.3 Å². The van der Waals surface area contributed by atoms with E-state index in [4.69, 9.17) is 9.47 Å². The molecule has 2 amide bonds. The van der Waals surface area contributed by atoms with Gasteiger partial charge in [-0.25, -0.2) is 4.98 Å². The number of amides is 2. The third-order valence-corrected chi connectivity index (χ3v) is 5.51. The van der Waals surface area contributed by atoms with Gasteiger partial charge in [-0.05, 0) is 12.1 Å². The Morgan fingerprint density at radius 1 is 1.00 bits per heavy atom. The lowest BCUT2D eigenvalue weighted by Gasteiger charge is -2.28. The van der Waals surface area contributed by atoms with Crippen LogP contribution in [0.4, 0.5) is 5.82 Å². The molecule has 10 heteroatoms. The molecule has 31 heavy (non-hydrogen) atoms. The van der Waals surface area contributed by atoms with E-state index in [9.17, 15) is 14.4 Å². The van der Waals surface area contributed by atoms with Gasteiger partial charge in [-0.15, -0.1) is 0 Å². The first-order chi connectivity index (χ1) is 15.1. The second-order valence-corrected chi connectivity index (χ2v) is 7.50. The maximum Gasteiger partial charge on any atom is 0.294 e. The van der Waals surface area contributed by atoms with Crippen molar-refractivity contribution in [2.24, 2.45) is 0 Å². The topological polar surface area (TPSA) is 106 Å². The van der Waals surface area contributed by atoms with Crippen LogP contribution in [0.3, 0.4) is 0 Å². The van der Waals surface area contributed by atoms with Crippen LogP contribution < -0.4 is 15.8 Å². The number of nitrogens with one attached hydrogen (secondary N) is 1. The molecule has 0 spiro atoms. The molecule has 2 fully saturated rings. The van der Waals surface area contributed by atoms with Crippen LogP contribution >= 0.6 is 0 Å². The normalized spacial score (nSPS) is 17.0. The number of hydrogen-bond acceptors (Lipinski definition) is 7. The highest BCUT2D eigenvalue weighted by Gasteiger charge is 2.20. The van der Waals surface area contributed by atoms with Crippen LogP contribution in [0.25, 0.3) is 11.0 Å². The predicted octanol–water partition coefficient (Wildman–Crippen LogP) is -0.402. The largest absolute Gasteiger partial charge is 0.378 e. The molecular formula is C21H27N5O5. The van der Waals surface area contributed by atoms with Gasteiger partial charge in [-0.2, -0.15) is 0 Å². The maximum atomic E-state index is 13.2. The number of carbonyl (C=O) groups is 2. The Morgan fingerprint density at radius 3 is 2.42 bits per heavy atom. The van der Waals surface area contributed by atoms with Gasteiger partial charge >= 0.3 is 0 Å². The zero-order valence-corrected chi connectivity index (χ0v) is 17.4. The second-order valence-electron chi connectivity index (χ2n) is 7.50. The van der Waals surface area contributed by atoms with Gasteiger partial charge < -0.3 is 29.2 Å². The average Bonchev–Trinajstić information content (AvgIpc) is 2.82. The number of nitrogens with zero attached hydrogens (tertiary/aromatic N) is 4. The molecule has 0 saturated carbocycles. The second kappa shape index (κ2) is 9.88. The molecule has 0 unspecified atom stereocenters. The summed E-state index contributed by atoms with van der Waals surface area (Å²) in [7, 11) is 0. The summed E-state index contributed by atoms with van der Waals surface area (Å²) in [5, 5.41) is 2.67. The van der Waals surface area contributed by atoms with Gasteiger partial charge in [0.2, 0.25) is 11.8 Å². The highest BCUT2D eigenvalue weighted by Crippen LogP contribution is 2.15. The minimum atomic E-state index is -0.276. The Bertz CT molecular complexity index is 995. The number of para-hydroxylation sites is 2. The Kier molecular flexibility index (Phi) is 6.78. The third-order valence-electron chi connectivity index (χ3n) is 5.51. The summed E-state index contributed by atoms with van der Waals surface area (Å²) in [6.07, 6.45) is 0.0901. The number of morpholine rings is 2. The highest BCUT2D eigenvalue weighted by molar-refractivity contribution is 5.85. The van der Waals surface area contributed by atoms with Gasteiger partial charge in [-0.3, -0.25) is 14.4 Å². The van der Waals surface area contributed by atoms with Crippen molar-refractivity contribution in [1.29, 1.82) is 0 Å². The Morgan fingerprint density at radius 2 is 1.68 bits per heavy atom. The van der Waals surface area contributed by atoms with Crippen LogP contribution in [0.1, 0.15) is 6.42 Å². The van der Waals surface area contributed by atoms with Crippen molar-refractivity contribution in [3.63, 3.8) is 0 Å². The average molecular weight is 429 g/mol. The van der Waals surface area contributed by atoms with Gasteiger partial charge in [0, 0.05) is 39.1 Å². The number of hydrogen-bond donors (Lipinski definition) is 1. The number of aromatic nitrogens is 2. The van der Waals surface area contributed by atoms with Gasteiger partial charge in [0.25, 0.3) is 5.56 Å². The first kappa shape index (κ1) is 21.3. The van der Waals surface area contributed by atoms with Crippen LogP contribution in [-0.4, -0.2) is 85.4 Å². The minimum Gasteiger partial charge on any atom is -0.378 e. The molecular weight excluding hydrogens is 402 g/mol. The fourth-order valence-electron chi connectivity index (χ4n) is 3.78. The van der Waals surface area contributed by atoms with Crippen LogP contribution in [0, 0.1) is 0 Å². The summed E-state index contributed by atoms with van der Waals surface area (Å²) in [5.41, 5.74) is 1.16. The molecule has 166 valence electrons. The SMILES string of the molecule is O=C(CCn1c(=O)c(N2CCOCC2)nc2ccccc21)NCC(=O)N1CCOCC1. The van der Waals surface area contributed by atoms with Crippen LogP contribution in [0.15, 0.2) is 29.1 Å². The molecule has 1 aromatic heterocycles. The summed E-state index contributed by atoms with van der Waals surface area (Å²) >= 11 is 0. The molecule has 2 aliphatic heterocycles. The first-order valence-electron chi connectivity index (χ1n) is 10.6. The molecule has 0 aliphatic carbocycles. The van der Waals surface area contributed by atoms with E-state index in [1.165, 1.54) is 0 Å². The number of anilines is 1. The lowest BCUT2D eigenvalue weighted by atomic mass is 10.2. The lowest BCUT2D eigenvalue weighted by molar-refractivity contribution is -0.136. The summed E-state index contributed by atoms with van der Waals surface area (Å²) in [6, 6.07) is 7.40. The summed E-state index contributed by atoms with van der Waals surface area (Å²) in [6.45, 7) is 4.57. The van der Waals surface area contributed by atoms with Crippen molar-refractivity contribution in [2.75, 3.05) is 64.1 Å². The van der Waals surface area contributed by atoms with Crippen LogP contribution in [0.5, 0.6) is 0 Å². The molecule has 3 heterocycles. The number of carbonyl (C=O) groups excluding carboxylic acids is 2. The number of benzene rings is 1.